The highest BCUT2D eigenvalue weighted by Gasteiger charge is 2.15. The van der Waals surface area contributed by atoms with Crippen LogP contribution in [0.3, 0.4) is 0 Å². The number of carbonyl (C=O) groups is 2. The van der Waals surface area contributed by atoms with E-state index in [2.05, 4.69) is 10.2 Å². The molecule has 0 aliphatic heterocycles. The monoisotopic (exact) mass is 444 g/mol. The van der Waals surface area contributed by atoms with Crippen molar-refractivity contribution in [1.29, 1.82) is 0 Å². The van der Waals surface area contributed by atoms with E-state index in [1.165, 1.54) is 34.9 Å². The summed E-state index contributed by atoms with van der Waals surface area (Å²) in [6.07, 6.45) is 0. The van der Waals surface area contributed by atoms with Crippen LogP contribution >= 0.6 is 34.9 Å². The number of benzene rings is 2. The van der Waals surface area contributed by atoms with Gasteiger partial charge >= 0.3 is 0 Å². The highest BCUT2D eigenvalue weighted by molar-refractivity contribution is 8.03. The van der Waals surface area contributed by atoms with Crippen LogP contribution in [-0.4, -0.2) is 47.6 Å². The number of nitrogens with zero attached hydrogens (tertiary/aromatic N) is 4. The van der Waals surface area contributed by atoms with Gasteiger partial charge in [-0.1, -0.05) is 71.3 Å². The largest absolute Gasteiger partial charge is 0.315 e. The van der Waals surface area contributed by atoms with E-state index in [4.69, 9.17) is 0 Å². The maximum absolute atomic E-state index is 12.4. The van der Waals surface area contributed by atoms with E-state index in [0.29, 0.717) is 8.68 Å². The van der Waals surface area contributed by atoms with Crippen LogP contribution < -0.4 is 9.80 Å². The third kappa shape index (κ3) is 6.06. The zero-order chi connectivity index (χ0) is 20.6. The third-order valence-corrected chi connectivity index (χ3v) is 7.22. The summed E-state index contributed by atoms with van der Waals surface area (Å²) in [5.74, 6) is 0.538. The van der Waals surface area contributed by atoms with Crippen molar-refractivity contribution in [1.82, 2.24) is 10.2 Å². The van der Waals surface area contributed by atoms with Crippen LogP contribution in [0, 0.1) is 0 Å². The highest BCUT2D eigenvalue weighted by atomic mass is 32.2. The molecule has 0 radical (unpaired) electrons. The molecule has 0 spiro atoms. The maximum Gasteiger partial charge on any atom is 0.237 e. The molecule has 3 aromatic rings. The molecule has 0 fully saturated rings. The normalized spacial score (nSPS) is 10.6. The van der Waals surface area contributed by atoms with Gasteiger partial charge in [0.25, 0.3) is 0 Å². The van der Waals surface area contributed by atoms with E-state index in [1.807, 2.05) is 60.7 Å². The average Bonchev–Trinajstić information content (AvgIpc) is 3.23. The second-order valence-electron chi connectivity index (χ2n) is 5.99. The van der Waals surface area contributed by atoms with Crippen LogP contribution in [0.5, 0.6) is 0 Å². The first-order valence-corrected chi connectivity index (χ1v) is 11.6. The number of rotatable bonds is 8. The second kappa shape index (κ2) is 10.4. The lowest BCUT2D eigenvalue weighted by Crippen LogP contribution is -2.27. The Hall–Kier alpha value is -2.36. The Bertz CT molecular complexity index is 875. The number of hydrogen-bond donors (Lipinski definition) is 0. The number of amides is 2. The molecule has 6 nitrogen and oxygen atoms in total. The number of thioether (sulfide) groups is 2. The van der Waals surface area contributed by atoms with Crippen LogP contribution in [0.15, 0.2) is 69.3 Å². The number of hydrogen-bond acceptors (Lipinski definition) is 7. The molecule has 2 aromatic carbocycles. The SMILES string of the molecule is CN(C(=O)CSc1nnc(SCC(=O)N(C)c2ccccc2)s1)c1ccccc1. The van der Waals surface area contributed by atoms with E-state index in [0.717, 1.165) is 11.4 Å². The van der Waals surface area contributed by atoms with E-state index in [1.54, 1.807) is 23.9 Å². The van der Waals surface area contributed by atoms with Gasteiger partial charge in [0.2, 0.25) is 11.8 Å². The zero-order valence-electron chi connectivity index (χ0n) is 16.0. The van der Waals surface area contributed by atoms with Gasteiger partial charge in [0.05, 0.1) is 11.5 Å². The molecule has 3 rings (SSSR count). The predicted molar refractivity (Wildman–Crippen MR) is 121 cm³/mol. The standard InChI is InChI=1S/C20H20N4O2S3/c1-23(15-9-5-3-6-10-15)17(25)13-27-19-21-22-20(29-19)28-14-18(26)24(2)16-11-7-4-8-12-16/h3-12H,13-14H2,1-2H3. The van der Waals surface area contributed by atoms with Gasteiger partial charge in [-0.15, -0.1) is 10.2 Å². The molecule has 1 aromatic heterocycles. The lowest BCUT2D eigenvalue weighted by molar-refractivity contribution is -0.116. The van der Waals surface area contributed by atoms with Gasteiger partial charge in [0, 0.05) is 25.5 Å². The van der Waals surface area contributed by atoms with Crippen molar-refractivity contribution in [2.24, 2.45) is 0 Å². The van der Waals surface area contributed by atoms with Crippen molar-refractivity contribution in [2.75, 3.05) is 35.4 Å². The van der Waals surface area contributed by atoms with Gasteiger partial charge in [0.15, 0.2) is 8.68 Å². The molecule has 0 atom stereocenters. The first-order valence-electron chi connectivity index (χ1n) is 8.77. The van der Waals surface area contributed by atoms with E-state index >= 15 is 0 Å². The molecule has 2 amide bonds. The predicted octanol–water partition coefficient (Wildman–Crippen LogP) is 4.05. The summed E-state index contributed by atoms with van der Waals surface area (Å²) in [5.41, 5.74) is 1.71. The maximum atomic E-state index is 12.4. The molecular weight excluding hydrogens is 424 g/mol. The first-order chi connectivity index (χ1) is 14.0. The van der Waals surface area contributed by atoms with Crippen molar-refractivity contribution >= 4 is 58.0 Å². The average molecular weight is 445 g/mol. The van der Waals surface area contributed by atoms with Gasteiger partial charge in [-0.25, -0.2) is 0 Å². The molecule has 0 N–H and O–H groups in total. The molecule has 0 aliphatic rings. The quantitative estimate of drug-likeness (QED) is 0.489. The summed E-state index contributed by atoms with van der Waals surface area (Å²) in [6.45, 7) is 0. The van der Waals surface area contributed by atoms with Crippen molar-refractivity contribution in [3.8, 4) is 0 Å². The summed E-state index contributed by atoms with van der Waals surface area (Å²) in [7, 11) is 3.52. The van der Waals surface area contributed by atoms with Crippen molar-refractivity contribution < 1.29 is 9.59 Å². The number of carbonyl (C=O) groups excluding carboxylic acids is 2. The summed E-state index contributed by atoms with van der Waals surface area (Å²) in [5, 5.41) is 8.23. The molecule has 0 bridgehead atoms. The van der Waals surface area contributed by atoms with Gasteiger partial charge in [-0.2, -0.15) is 0 Å². The zero-order valence-corrected chi connectivity index (χ0v) is 18.5. The van der Waals surface area contributed by atoms with Gasteiger partial charge in [0.1, 0.15) is 0 Å². The number of para-hydroxylation sites is 2. The molecule has 29 heavy (non-hydrogen) atoms. The molecule has 0 saturated heterocycles. The van der Waals surface area contributed by atoms with Gasteiger partial charge < -0.3 is 9.80 Å². The van der Waals surface area contributed by atoms with Crippen molar-refractivity contribution in [2.45, 2.75) is 8.68 Å². The van der Waals surface area contributed by atoms with Crippen molar-refractivity contribution in [3.63, 3.8) is 0 Å². The molecular formula is C20H20N4O2S3. The minimum atomic E-state index is -0.00901. The molecule has 9 heteroatoms. The second-order valence-corrected chi connectivity index (χ2v) is 9.41. The summed E-state index contributed by atoms with van der Waals surface area (Å²) >= 11 is 4.10. The summed E-state index contributed by atoms with van der Waals surface area (Å²) < 4.78 is 1.43. The van der Waals surface area contributed by atoms with Crippen LogP contribution in [0.2, 0.25) is 0 Å². The topological polar surface area (TPSA) is 66.4 Å². The van der Waals surface area contributed by atoms with Crippen molar-refractivity contribution in [3.05, 3.63) is 60.7 Å². The van der Waals surface area contributed by atoms with E-state index < -0.39 is 0 Å². The smallest absolute Gasteiger partial charge is 0.237 e. The van der Waals surface area contributed by atoms with Crippen LogP contribution in [0.1, 0.15) is 0 Å². The van der Waals surface area contributed by atoms with E-state index in [-0.39, 0.29) is 23.3 Å². The van der Waals surface area contributed by atoms with Crippen LogP contribution in [0.4, 0.5) is 11.4 Å². The minimum Gasteiger partial charge on any atom is -0.315 e. The minimum absolute atomic E-state index is 0.00901. The Morgan fingerprint density at radius 3 is 1.52 bits per heavy atom. The van der Waals surface area contributed by atoms with E-state index in [9.17, 15) is 9.59 Å². The molecule has 0 aliphatic carbocycles. The van der Waals surface area contributed by atoms with Gasteiger partial charge in [-0.3, -0.25) is 9.59 Å². The lowest BCUT2D eigenvalue weighted by atomic mass is 10.3. The number of aromatic nitrogens is 2. The summed E-state index contributed by atoms with van der Waals surface area (Å²) in [4.78, 5) is 28.0. The first kappa shape index (κ1) is 21.4. The van der Waals surface area contributed by atoms with Gasteiger partial charge in [-0.05, 0) is 24.3 Å². The summed E-state index contributed by atoms with van der Waals surface area (Å²) in [6, 6.07) is 19.0. The Balaban J connectivity index is 1.47. The Morgan fingerprint density at radius 1 is 0.759 bits per heavy atom. The lowest BCUT2D eigenvalue weighted by Gasteiger charge is -2.16. The highest BCUT2D eigenvalue weighted by Crippen LogP contribution is 2.29. The Kier molecular flexibility index (Phi) is 7.68. The Labute approximate surface area is 182 Å². The molecule has 0 unspecified atom stereocenters. The fourth-order valence-corrected chi connectivity index (χ4v) is 5.19. The molecule has 0 saturated carbocycles. The Morgan fingerprint density at radius 2 is 1.14 bits per heavy atom. The fourth-order valence-electron chi connectivity index (χ4n) is 2.35. The number of anilines is 2. The molecule has 1 heterocycles. The molecule has 150 valence electrons. The fraction of sp³-hybridized carbons (Fsp3) is 0.200. The van der Waals surface area contributed by atoms with Crippen LogP contribution in [0.25, 0.3) is 0 Å². The van der Waals surface area contributed by atoms with Crippen LogP contribution in [-0.2, 0) is 9.59 Å². The third-order valence-electron chi connectivity index (χ3n) is 4.06.